The van der Waals surface area contributed by atoms with Gasteiger partial charge in [-0.05, 0) is 32.0 Å². The Morgan fingerprint density at radius 3 is 2.97 bits per heavy atom. The van der Waals surface area contributed by atoms with Gasteiger partial charge in [0.1, 0.15) is 5.82 Å². The summed E-state index contributed by atoms with van der Waals surface area (Å²) >= 11 is 0. The third-order valence-electron chi connectivity index (χ3n) is 5.44. The SMILES string of the molecule is CN1CCNCC1c1noc(C2CCCN(C(=O)Nc3ccccc3F)C2)n1.Cl. The van der Waals surface area contributed by atoms with Gasteiger partial charge in [0.25, 0.3) is 0 Å². The molecule has 2 amide bonds. The third kappa shape index (κ3) is 4.85. The lowest BCUT2D eigenvalue weighted by atomic mass is 9.98. The molecule has 1 aromatic heterocycles. The van der Waals surface area contributed by atoms with Gasteiger partial charge in [0.2, 0.25) is 5.89 Å². The predicted molar refractivity (Wildman–Crippen MR) is 109 cm³/mol. The van der Waals surface area contributed by atoms with E-state index in [4.69, 9.17) is 4.52 Å². The number of carbonyl (C=O) groups excluding carboxylic acids is 1. The van der Waals surface area contributed by atoms with E-state index in [1.807, 2.05) is 0 Å². The highest BCUT2D eigenvalue weighted by molar-refractivity contribution is 5.89. The van der Waals surface area contributed by atoms with Gasteiger partial charge in [-0.15, -0.1) is 12.4 Å². The summed E-state index contributed by atoms with van der Waals surface area (Å²) < 4.78 is 19.3. The second-order valence-corrected chi connectivity index (χ2v) is 7.39. The lowest BCUT2D eigenvalue weighted by molar-refractivity contribution is 0.182. The van der Waals surface area contributed by atoms with Crippen molar-refractivity contribution in [1.29, 1.82) is 0 Å². The first-order valence-corrected chi connectivity index (χ1v) is 9.66. The molecule has 2 aliphatic heterocycles. The maximum atomic E-state index is 13.8. The first-order chi connectivity index (χ1) is 13.6. The summed E-state index contributed by atoms with van der Waals surface area (Å²) in [5.41, 5.74) is 0.183. The van der Waals surface area contributed by atoms with Crippen molar-refractivity contribution in [2.45, 2.75) is 24.8 Å². The van der Waals surface area contributed by atoms with E-state index < -0.39 is 5.82 Å². The molecule has 29 heavy (non-hydrogen) atoms. The van der Waals surface area contributed by atoms with Gasteiger partial charge < -0.3 is 20.1 Å². The molecule has 0 bridgehead atoms. The van der Waals surface area contributed by atoms with Crippen molar-refractivity contribution < 1.29 is 13.7 Å². The van der Waals surface area contributed by atoms with Crippen LogP contribution in [0.1, 0.15) is 36.5 Å². The molecule has 0 aliphatic carbocycles. The number of piperazine rings is 1. The number of aromatic nitrogens is 2. The fourth-order valence-corrected chi connectivity index (χ4v) is 3.76. The van der Waals surface area contributed by atoms with Crippen LogP contribution in [0.4, 0.5) is 14.9 Å². The minimum Gasteiger partial charge on any atom is -0.339 e. The number of likely N-dealkylation sites (N-methyl/N-ethyl adjacent to an activating group) is 1. The average Bonchev–Trinajstić information content (AvgIpc) is 3.20. The first-order valence-electron chi connectivity index (χ1n) is 9.66. The molecule has 8 nitrogen and oxygen atoms in total. The van der Waals surface area contributed by atoms with Crippen LogP contribution >= 0.6 is 12.4 Å². The van der Waals surface area contributed by atoms with E-state index in [0.29, 0.717) is 24.8 Å². The van der Waals surface area contributed by atoms with Gasteiger partial charge in [0.15, 0.2) is 5.82 Å². The van der Waals surface area contributed by atoms with E-state index in [-0.39, 0.29) is 36.1 Å². The number of likely N-dealkylation sites (tertiary alicyclic amines) is 1. The number of rotatable bonds is 3. The van der Waals surface area contributed by atoms with Crippen LogP contribution in [-0.4, -0.2) is 65.7 Å². The number of para-hydroxylation sites is 1. The molecule has 2 saturated heterocycles. The number of urea groups is 1. The Bertz CT molecular complexity index is 835. The highest BCUT2D eigenvalue weighted by Gasteiger charge is 2.31. The number of benzene rings is 1. The standard InChI is InChI=1S/C19H25FN6O2.ClH/c1-25-10-8-21-11-16(25)17-23-18(28-24-17)13-5-4-9-26(12-13)19(27)22-15-7-3-2-6-14(15)20;/h2-3,6-7,13,16,21H,4-5,8-12H2,1H3,(H,22,27);1H. The fourth-order valence-electron chi connectivity index (χ4n) is 3.76. The van der Waals surface area contributed by atoms with Crippen molar-refractivity contribution in [2.75, 3.05) is 45.1 Å². The molecule has 1 aromatic carbocycles. The largest absolute Gasteiger partial charge is 0.339 e. The Morgan fingerprint density at radius 2 is 2.17 bits per heavy atom. The number of nitrogens with zero attached hydrogens (tertiary/aromatic N) is 4. The summed E-state index contributed by atoms with van der Waals surface area (Å²) in [7, 11) is 2.05. The van der Waals surface area contributed by atoms with Crippen LogP contribution in [0.15, 0.2) is 28.8 Å². The maximum Gasteiger partial charge on any atom is 0.321 e. The number of hydrogen-bond donors (Lipinski definition) is 2. The van der Waals surface area contributed by atoms with Gasteiger partial charge in [-0.2, -0.15) is 4.98 Å². The van der Waals surface area contributed by atoms with Crippen LogP contribution in [-0.2, 0) is 0 Å². The van der Waals surface area contributed by atoms with Crippen LogP contribution < -0.4 is 10.6 Å². The maximum absolute atomic E-state index is 13.8. The summed E-state index contributed by atoms with van der Waals surface area (Å²) in [6.45, 7) is 3.76. The van der Waals surface area contributed by atoms with Crippen molar-refractivity contribution in [2.24, 2.45) is 0 Å². The molecule has 2 aromatic rings. The lowest BCUT2D eigenvalue weighted by Gasteiger charge is -2.31. The van der Waals surface area contributed by atoms with Crippen LogP contribution in [0.5, 0.6) is 0 Å². The molecule has 0 spiro atoms. The number of halogens is 2. The lowest BCUT2D eigenvalue weighted by Crippen LogP contribution is -2.44. The van der Waals surface area contributed by atoms with E-state index in [2.05, 4.69) is 32.7 Å². The quantitative estimate of drug-likeness (QED) is 0.787. The summed E-state index contributed by atoms with van der Waals surface area (Å²) in [6, 6.07) is 5.93. The second kappa shape index (κ2) is 9.51. The number of nitrogens with one attached hydrogen (secondary N) is 2. The highest BCUT2D eigenvalue weighted by Crippen LogP contribution is 2.28. The summed E-state index contributed by atoms with van der Waals surface area (Å²) in [4.78, 5) is 21.1. The molecule has 0 radical (unpaired) electrons. The molecule has 4 rings (SSSR count). The predicted octanol–water partition coefficient (Wildman–Crippen LogP) is 2.62. The number of carbonyl (C=O) groups is 1. The topological polar surface area (TPSA) is 86.5 Å². The summed E-state index contributed by atoms with van der Waals surface area (Å²) in [5.74, 6) is 0.786. The Labute approximate surface area is 175 Å². The Balaban J connectivity index is 0.00000240. The molecule has 2 atom stereocenters. The molecule has 2 unspecified atom stereocenters. The van der Waals surface area contributed by atoms with Gasteiger partial charge in [-0.25, -0.2) is 9.18 Å². The molecule has 2 fully saturated rings. The van der Waals surface area contributed by atoms with E-state index in [1.54, 1.807) is 23.1 Å². The van der Waals surface area contributed by atoms with Gasteiger partial charge in [0.05, 0.1) is 17.6 Å². The van der Waals surface area contributed by atoms with Crippen molar-refractivity contribution >= 4 is 24.1 Å². The van der Waals surface area contributed by atoms with E-state index >= 15 is 0 Å². The minimum absolute atomic E-state index is 0. The normalized spacial score (nSPS) is 22.8. The number of piperidine rings is 1. The van der Waals surface area contributed by atoms with Crippen molar-refractivity contribution in [1.82, 2.24) is 25.3 Å². The van der Waals surface area contributed by atoms with Gasteiger partial charge in [-0.1, -0.05) is 17.3 Å². The van der Waals surface area contributed by atoms with E-state index in [9.17, 15) is 9.18 Å². The monoisotopic (exact) mass is 424 g/mol. The van der Waals surface area contributed by atoms with Crippen LogP contribution in [0.3, 0.4) is 0 Å². The molecule has 0 saturated carbocycles. The molecule has 2 N–H and O–H groups in total. The fraction of sp³-hybridized carbons (Fsp3) is 0.526. The van der Waals surface area contributed by atoms with Gasteiger partial charge >= 0.3 is 6.03 Å². The van der Waals surface area contributed by atoms with Crippen molar-refractivity contribution in [3.05, 3.63) is 41.8 Å². The molecular weight excluding hydrogens is 399 g/mol. The van der Waals surface area contributed by atoms with Crippen molar-refractivity contribution in [3.8, 4) is 0 Å². The van der Waals surface area contributed by atoms with Crippen LogP contribution in [0.25, 0.3) is 0 Å². The third-order valence-corrected chi connectivity index (χ3v) is 5.44. The zero-order valence-electron chi connectivity index (χ0n) is 16.3. The average molecular weight is 425 g/mol. The number of anilines is 1. The molecule has 158 valence electrons. The molecule has 2 aliphatic rings. The Hall–Kier alpha value is -2.23. The van der Waals surface area contributed by atoms with E-state index in [0.717, 1.165) is 32.5 Å². The zero-order chi connectivity index (χ0) is 19.5. The molecular formula is C19H26ClFN6O2. The van der Waals surface area contributed by atoms with Crippen molar-refractivity contribution in [3.63, 3.8) is 0 Å². The second-order valence-electron chi connectivity index (χ2n) is 7.39. The zero-order valence-corrected chi connectivity index (χ0v) is 17.1. The number of amides is 2. The van der Waals surface area contributed by atoms with Gasteiger partial charge in [0, 0.05) is 32.7 Å². The molecule has 3 heterocycles. The van der Waals surface area contributed by atoms with E-state index in [1.165, 1.54) is 6.07 Å². The Morgan fingerprint density at radius 1 is 1.34 bits per heavy atom. The Kier molecular flexibility index (Phi) is 7.05. The molecule has 10 heteroatoms. The summed E-state index contributed by atoms with van der Waals surface area (Å²) in [6.07, 6.45) is 1.71. The summed E-state index contributed by atoms with van der Waals surface area (Å²) in [5, 5.41) is 10.2. The smallest absolute Gasteiger partial charge is 0.321 e. The van der Waals surface area contributed by atoms with Gasteiger partial charge in [-0.3, -0.25) is 4.90 Å². The highest BCUT2D eigenvalue weighted by atomic mass is 35.5. The number of hydrogen-bond acceptors (Lipinski definition) is 6. The first kappa shape index (κ1) is 21.5. The minimum atomic E-state index is -0.448. The van der Waals surface area contributed by atoms with Crippen LogP contribution in [0.2, 0.25) is 0 Å². The van der Waals surface area contributed by atoms with Crippen LogP contribution in [0, 0.1) is 5.82 Å².